The van der Waals surface area contributed by atoms with Crippen LogP contribution in [-0.4, -0.2) is 23.4 Å². The number of rotatable bonds is 6. The molecular weight excluding hydrogens is 306 g/mol. The number of alkyl halides is 2. The Morgan fingerprint density at radius 3 is 2.43 bits per heavy atom. The summed E-state index contributed by atoms with van der Waals surface area (Å²) in [6.45, 7) is -1.27. The number of hydrogen-bond donors (Lipinski definition) is 2. The molecule has 0 radical (unpaired) electrons. The van der Waals surface area contributed by atoms with Crippen molar-refractivity contribution in [3.05, 3.63) is 59.7 Å². The molecule has 0 atom stereocenters. The maximum Gasteiger partial charge on any atom is 0.387 e. The third kappa shape index (κ3) is 4.50. The number of hydrazone groups is 1. The zero-order valence-corrected chi connectivity index (χ0v) is 12.2. The van der Waals surface area contributed by atoms with E-state index >= 15 is 0 Å². The van der Waals surface area contributed by atoms with Crippen molar-refractivity contribution in [2.45, 2.75) is 13.5 Å². The Morgan fingerprint density at radius 1 is 1.17 bits per heavy atom. The van der Waals surface area contributed by atoms with E-state index < -0.39 is 12.6 Å². The van der Waals surface area contributed by atoms with Gasteiger partial charge in [0.25, 0.3) is 0 Å². The zero-order chi connectivity index (χ0) is 16.8. The van der Waals surface area contributed by atoms with Crippen molar-refractivity contribution >= 4 is 17.4 Å². The Morgan fingerprint density at radius 2 is 1.83 bits per heavy atom. The Kier molecular flexibility index (Phi) is 5.24. The lowest BCUT2D eigenvalue weighted by Crippen LogP contribution is -2.08. The van der Waals surface area contributed by atoms with Crippen LogP contribution in [0.15, 0.2) is 53.6 Å². The fourth-order valence-corrected chi connectivity index (χ4v) is 1.86. The quantitative estimate of drug-likeness (QED) is 0.627. The summed E-state index contributed by atoms with van der Waals surface area (Å²) >= 11 is 0. The third-order valence-electron chi connectivity index (χ3n) is 2.98. The molecule has 2 aromatic rings. The summed E-state index contributed by atoms with van der Waals surface area (Å²) in [5, 5.41) is 12.9. The van der Waals surface area contributed by atoms with E-state index in [4.69, 9.17) is 5.11 Å². The molecule has 5 nitrogen and oxygen atoms in total. The zero-order valence-electron chi connectivity index (χ0n) is 12.2. The maximum absolute atomic E-state index is 12.4. The highest BCUT2D eigenvalue weighted by Crippen LogP contribution is 2.21. The van der Waals surface area contributed by atoms with Gasteiger partial charge in [0.15, 0.2) is 0 Å². The van der Waals surface area contributed by atoms with E-state index in [2.05, 4.69) is 15.3 Å². The molecule has 0 fully saturated rings. The van der Waals surface area contributed by atoms with E-state index in [1.54, 1.807) is 37.3 Å². The van der Waals surface area contributed by atoms with Crippen LogP contribution in [-0.2, 0) is 0 Å². The summed E-state index contributed by atoms with van der Waals surface area (Å²) in [5.41, 5.74) is 4.35. The number of nitrogens with zero attached hydrogens (tertiary/aromatic N) is 1. The van der Waals surface area contributed by atoms with Gasteiger partial charge in [-0.3, -0.25) is 5.43 Å². The van der Waals surface area contributed by atoms with Crippen LogP contribution in [0.2, 0.25) is 0 Å². The number of nitrogens with one attached hydrogen (secondary N) is 1. The highest BCUT2D eigenvalue weighted by Gasteiger charge is 2.11. The van der Waals surface area contributed by atoms with E-state index in [0.717, 1.165) is 0 Å². The van der Waals surface area contributed by atoms with Gasteiger partial charge in [-0.15, -0.1) is 0 Å². The number of halogens is 2. The fraction of sp³-hybridized carbons (Fsp3) is 0.125. The highest BCUT2D eigenvalue weighted by molar-refractivity contribution is 6.01. The van der Waals surface area contributed by atoms with Gasteiger partial charge in [-0.25, -0.2) is 4.79 Å². The van der Waals surface area contributed by atoms with Crippen molar-refractivity contribution in [2.75, 3.05) is 5.43 Å². The molecular formula is C16H14F2N2O3. The molecule has 0 saturated heterocycles. The second-order valence-electron chi connectivity index (χ2n) is 4.57. The lowest BCUT2D eigenvalue weighted by molar-refractivity contribution is -0.0499. The predicted molar refractivity (Wildman–Crippen MR) is 82.3 cm³/mol. The third-order valence-corrected chi connectivity index (χ3v) is 2.98. The van der Waals surface area contributed by atoms with Gasteiger partial charge in [0.05, 0.1) is 17.0 Å². The van der Waals surface area contributed by atoms with Crippen molar-refractivity contribution in [1.29, 1.82) is 0 Å². The van der Waals surface area contributed by atoms with Crippen LogP contribution in [0.5, 0.6) is 5.75 Å². The maximum atomic E-state index is 12.4. The first-order valence-electron chi connectivity index (χ1n) is 6.65. The molecule has 2 rings (SSSR count). The summed E-state index contributed by atoms with van der Waals surface area (Å²) in [5.74, 6) is -0.985. The predicted octanol–water partition coefficient (Wildman–Crippen LogP) is 3.82. The van der Waals surface area contributed by atoms with Gasteiger partial charge < -0.3 is 9.84 Å². The number of carboxylic acid groups (broad SMARTS) is 1. The molecule has 2 N–H and O–H groups in total. The molecule has 0 amide bonds. The number of carboxylic acids is 1. The molecule has 0 aromatic heterocycles. The second-order valence-corrected chi connectivity index (χ2v) is 4.57. The molecule has 0 bridgehead atoms. The number of hydrogen-bond acceptors (Lipinski definition) is 4. The smallest absolute Gasteiger partial charge is 0.387 e. The molecule has 120 valence electrons. The summed E-state index contributed by atoms with van der Waals surface area (Å²) < 4.78 is 29.2. The molecule has 0 saturated carbocycles. The Bertz CT molecular complexity index is 716. The summed E-state index contributed by atoms with van der Waals surface area (Å²) in [7, 11) is 0. The molecule has 0 spiro atoms. The van der Waals surface area contributed by atoms with Crippen LogP contribution < -0.4 is 10.2 Å². The van der Waals surface area contributed by atoms with Crippen LogP contribution in [0.3, 0.4) is 0 Å². The number of para-hydroxylation sites is 1. The van der Waals surface area contributed by atoms with Gasteiger partial charge in [0.1, 0.15) is 5.75 Å². The van der Waals surface area contributed by atoms with Crippen LogP contribution in [0.1, 0.15) is 22.8 Å². The summed E-state index contributed by atoms with van der Waals surface area (Å²) in [4.78, 5) is 10.8. The van der Waals surface area contributed by atoms with Gasteiger partial charge in [0.2, 0.25) is 0 Å². The number of carbonyl (C=O) groups is 1. The number of aromatic carboxylic acids is 1. The second kappa shape index (κ2) is 7.35. The van der Waals surface area contributed by atoms with Crippen molar-refractivity contribution in [1.82, 2.24) is 0 Å². The van der Waals surface area contributed by atoms with Crippen LogP contribution in [0.25, 0.3) is 0 Å². The van der Waals surface area contributed by atoms with Crippen LogP contribution in [0.4, 0.5) is 14.5 Å². The number of ether oxygens (including phenoxy) is 1. The van der Waals surface area contributed by atoms with Gasteiger partial charge in [0, 0.05) is 5.56 Å². The molecule has 7 heteroatoms. The van der Waals surface area contributed by atoms with Crippen LogP contribution >= 0.6 is 0 Å². The minimum Gasteiger partial charge on any atom is -0.478 e. The standard InChI is InChI=1S/C16H14F2N2O3/c1-10(13-4-2-3-5-14(13)23-16(17)18)19-20-12-8-6-11(7-9-12)15(21)22/h2-9,16,20H,1H3,(H,21,22). The van der Waals surface area contributed by atoms with Crippen LogP contribution in [0, 0.1) is 0 Å². The average Bonchev–Trinajstić information content (AvgIpc) is 2.53. The topological polar surface area (TPSA) is 70.9 Å². The van der Waals surface area contributed by atoms with E-state index in [1.165, 1.54) is 18.2 Å². The van der Waals surface area contributed by atoms with Gasteiger partial charge >= 0.3 is 12.6 Å². The number of anilines is 1. The van der Waals surface area contributed by atoms with Gasteiger partial charge in [-0.05, 0) is 43.3 Å². The molecule has 0 aliphatic rings. The molecule has 0 aliphatic heterocycles. The SMILES string of the molecule is CC(=NNc1ccc(C(=O)O)cc1)c1ccccc1OC(F)F. The molecule has 0 aliphatic carbocycles. The first-order chi connectivity index (χ1) is 11.0. The van der Waals surface area contributed by atoms with E-state index in [1.807, 2.05) is 0 Å². The molecule has 2 aromatic carbocycles. The summed E-state index contributed by atoms with van der Waals surface area (Å²) in [6.07, 6.45) is 0. The van der Waals surface area contributed by atoms with Gasteiger partial charge in [-0.2, -0.15) is 13.9 Å². The van der Waals surface area contributed by atoms with Gasteiger partial charge in [-0.1, -0.05) is 12.1 Å². The Hall–Kier alpha value is -2.96. The van der Waals surface area contributed by atoms with Crippen molar-refractivity contribution in [3.63, 3.8) is 0 Å². The lowest BCUT2D eigenvalue weighted by Gasteiger charge is -2.10. The Labute approximate surface area is 131 Å². The highest BCUT2D eigenvalue weighted by atomic mass is 19.3. The van der Waals surface area contributed by atoms with E-state index in [-0.39, 0.29) is 11.3 Å². The monoisotopic (exact) mass is 320 g/mol. The fourth-order valence-electron chi connectivity index (χ4n) is 1.86. The normalized spacial score (nSPS) is 11.4. The van der Waals surface area contributed by atoms with Crippen molar-refractivity contribution in [2.24, 2.45) is 5.10 Å². The number of benzene rings is 2. The van der Waals surface area contributed by atoms with E-state index in [0.29, 0.717) is 17.0 Å². The molecule has 0 unspecified atom stereocenters. The molecule has 23 heavy (non-hydrogen) atoms. The first-order valence-corrected chi connectivity index (χ1v) is 6.65. The molecule has 0 heterocycles. The van der Waals surface area contributed by atoms with E-state index in [9.17, 15) is 13.6 Å². The summed E-state index contributed by atoms with van der Waals surface area (Å²) in [6, 6.07) is 12.3. The average molecular weight is 320 g/mol. The first kappa shape index (κ1) is 16.4. The minimum atomic E-state index is -2.92. The van der Waals surface area contributed by atoms with Crippen molar-refractivity contribution in [3.8, 4) is 5.75 Å². The minimum absolute atomic E-state index is 0.0341. The Balaban J connectivity index is 2.15. The largest absolute Gasteiger partial charge is 0.478 e. The van der Waals surface area contributed by atoms with Crippen molar-refractivity contribution < 1.29 is 23.4 Å². The lowest BCUT2D eigenvalue weighted by atomic mass is 10.1.